The van der Waals surface area contributed by atoms with Gasteiger partial charge < -0.3 is 15.4 Å². The van der Waals surface area contributed by atoms with E-state index in [2.05, 4.69) is 50.5 Å². The van der Waals surface area contributed by atoms with Gasteiger partial charge in [0.15, 0.2) is 0 Å². The van der Waals surface area contributed by atoms with Crippen molar-refractivity contribution in [2.75, 3.05) is 11.9 Å². The first-order chi connectivity index (χ1) is 13.9. The van der Waals surface area contributed by atoms with E-state index in [0.717, 1.165) is 22.4 Å². The molecule has 5 heteroatoms. The van der Waals surface area contributed by atoms with E-state index in [1.807, 2.05) is 36.4 Å². The minimum absolute atomic E-state index is 0.0422. The van der Waals surface area contributed by atoms with Crippen LogP contribution in [0.15, 0.2) is 48.5 Å². The molecular formula is C24H32N2O3. The number of benzene rings is 2. The van der Waals surface area contributed by atoms with Crippen LogP contribution in [0.4, 0.5) is 10.5 Å². The first-order valence-corrected chi connectivity index (χ1v) is 10.3. The summed E-state index contributed by atoms with van der Waals surface area (Å²) in [6.45, 7) is 9.13. The van der Waals surface area contributed by atoms with Gasteiger partial charge in [-0.2, -0.15) is 0 Å². The van der Waals surface area contributed by atoms with Crippen molar-refractivity contribution < 1.29 is 14.3 Å². The monoisotopic (exact) mass is 396 g/mol. The van der Waals surface area contributed by atoms with Crippen molar-refractivity contribution in [3.63, 3.8) is 0 Å². The second kappa shape index (κ2) is 11.2. The Kier molecular flexibility index (Phi) is 8.71. The number of anilines is 1. The van der Waals surface area contributed by atoms with Gasteiger partial charge in [0.05, 0.1) is 0 Å². The topological polar surface area (TPSA) is 67.4 Å². The van der Waals surface area contributed by atoms with E-state index in [1.54, 1.807) is 0 Å². The van der Waals surface area contributed by atoms with E-state index < -0.39 is 6.09 Å². The van der Waals surface area contributed by atoms with Gasteiger partial charge in [-0.05, 0) is 34.9 Å². The number of hydrogen-bond acceptors (Lipinski definition) is 3. The van der Waals surface area contributed by atoms with Crippen molar-refractivity contribution in [2.45, 2.75) is 59.0 Å². The summed E-state index contributed by atoms with van der Waals surface area (Å²) in [4.78, 5) is 24.2. The normalized spacial score (nSPS) is 10.8. The lowest BCUT2D eigenvalue weighted by Crippen LogP contribution is -2.26. The van der Waals surface area contributed by atoms with E-state index in [0.29, 0.717) is 31.2 Å². The van der Waals surface area contributed by atoms with Gasteiger partial charge in [-0.15, -0.1) is 0 Å². The number of carbonyl (C=O) groups excluding carboxylic acids is 2. The highest BCUT2D eigenvalue weighted by Gasteiger charge is 2.15. The highest BCUT2D eigenvalue weighted by Crippen LogP contribution is 2.32. The van der Waals surface area contributed by atoms with Crippen molar-refractivity contribution in [3.8, 4) is 0 Å². The number of carbonyl (C=O) groups is 2. The molecule has 0 radical (unpaired) electrons. The van der Waals surface area contributed by atoms with Gasteiger partial charge in [-0.3, -0.25) is 4.79 Å². The Morgan fingerprint density at radius 1 is 0.897 bits per heavy atom. The lowest BCUT2D eigenvalue weighted by Gasteiger charge is -2.20. The summed E-state index contributed by atoms with van der Waals surface area (Å²) in [6.07, 6.45) is 0.414. The first kappa shape index (κ1) is 22.5. The molecule has 5 nitrogen and oxygen atoms in total. The van der Waals surface area contributed by atoms with Crippen LogP contribution in [-0.4, -0.2) is 18.5 Å². The molecule has 0 aliphatic heterocycles. The third kappa shape index (κ3) is 7.26. The standard InChI is InChI=1S/C24H32N2O3/c1-17(2)20-12-8-13-21(18(3)4)23(20)26-22(27)14-9-15-25-24(28)29-16-19-10-6-5-7-11-19/h5-8,10-13,17-18H,9,14-16H2,1-4H3,(H,25,28)(H,26,27). The molecule has 0 unspecified atom stereocenters. The number of rotatable bonds is 9. The average Bonchev–Trinajstić information content (AvgIpc) is 2.70. The molecule has 2 aromatic carbocycles. The molecule has 156 valence electrons. The molecule has 0 aliphatic rings. The molecule has 2 rings (SSSR count). The molecule has 0 spiro atoms. The van der Waals surface area contributed by atoms with Crippen molar-refractivity contribution in [3.05, 3.63) is 65.2 Å². The third-order valence-corrected chi connectivity index (χ3v) is 4.70. The fraction of sp³-hybridized carbons (Fsp3) is 0.417. The molecule has 0 aliphatic carbocycles. The van der Waals surface area contributed by atoms with Gasteiger partial charge in [0.1, 0.15) is 6.61 Å². The maximum Gasteiger partial charge on any atom is 0.407 e. The van der Waals surface area contributed by atoms with Crippen LogP contribution in [0.3, 0.4) is 0 Å². The average molecular weight is 397 g/mol. The van der Waals surface area contributed by atoms with Crippen molar-refractivity contribution in [2.24, 2.45) is 0 Å². The van der Waals surface area contributed by atoms with Crippen LogP contribution in [0.25, 0.3) is 0 Å². The first-order valence-electron chi connectivity index (χ1n) is 10.3. The van der Waals surface area contributed by atoms with Gasteiger partial charge in [0.2, 0.25) is 5.91 Å². The zero-order valence-electron chi connectivity index (χ0n) is 17.8. The van der Waals surface area contributed by atoms with Crippen molar-refractivity contribution in [1.82, 2.24) is 5.32 Å². The highest BCUT2D eigenvalue weighted by atomic mass is 16.5. The summed E-state index contributed by atoms with van der Waals surface area (Å²) in [5, 5.41) is 5.78. The molecule has 0 fully saturated rings. The second-order valence-corrected chi connectivity index (χ2v) is 7.76. The maximum absolute atomic E-state index is 12.5. The molecule has 0 saturated carbocycles. The third-order valence-electron chi connectivity index (χ3n) is 4.70. The van der Waals surface area contributed by atoms with Gasteiger partial charge >= 0.3 is 6.09 Å². The Morgan fingerprint density at radius 3 is 2.10 bits per heavy atom. The van der Waals surface area contributed by atoms with Gasteiger partial charge in [-0.1, -0.05) is 76.2 Å². The lowest BCUT2D eigenvalue weighted by atomic mass is 9.92. The quantitative estimate of drug-likeness (QED) is 0.544. The number of para-hydroxylation sites is 1. The van der Waals surface area contributed by atoms with E-state index in [-0.39, 0.29) is 12.5 Å². The number of ether oxygens (including phenoxy) is 1. The van der Waals surface area contributed by atoms with E-state index in [4.69, 9.17) is 4.74 Å². The largest absolute Gasteiger partial charge is 0.445 e. The van der Waals surface area contributed by atoms with Crippen LogP contribution in [0.5, 0.6) is 0 Å². The summed E-state index contributed by atoms with van der Waals surface area (Å²) in [5.41, 5.74) is 4.16. The predicted molar refractivity (Wildman–Crippen MR) is 117 cm³/mol. The van der Waals surface area contributed by atoms with Gasteiger partial charge in [0, 0.05) is 18.7 Å². The second-order valence-electron chi connectivity index (χ2n) is 7.76. The van der Waals surface area contributed by atoms with Crippen LogP contribution >= 0.6 is 0 Å². The van der Waals surface area contributed by atoms with E-state index >= 15 is 0 Å². The van der Waals surface area contributed by atoms with E-state index in [1.165, 1.54) is 0 Å². The molecule has 0 aromatic heterocycles. The summed E-state index contributed by atoms with van der Waals surface area (Å²) in [7, 11) is 0. The number of alkyl carbamates (subject to hydrolysis) is 1. The Hall–Kier alpha value is -2.82. The molecule has 0 bridgehead atoms. The fourth-order valence-electron chi connectivity index (χ4n) is 3.11. The molecule has 2 aromatic rings. The van der Waals surface area contributed by atoms with Crippen LogP contribution in [0.1, 0.15) is 69.1 Å². The zero-order chi connectivity index (χ0) is 21.2. The summed E-state index contributed by atoms with van der Waals surface area (Å²) < 4.78 is 5.16. The maximum atomic E-state index is 12.5. The molecule has 0 atom stereocenters. The fourth-order valence-corrected chi connectivity index (χ4v) is 3.11. The SMILES string of the molecule is CC(C)c1cccc(C(C)C)c1NC(=O)CCCNC(=O)OCc1ccccc1. The predicted octanol–water partition coefficient (Wildman–Crippen LogP) is 5.58. The highest BCUT2D eigenvalue weighted by molar-refractivity contribution is 5.92. The molecule has 0 heterocycles. The number of nitrogens with one attached hydrogen (secondary N) is 2. The molecule has 2 amide bonds. The van der Waals surface area contributed by atoms with Gasteiger partial charge in [-0.25, -0.2) is 4.79 Å². The summed E-state index contributed by atoms with van der Waals surface area (Å²) in [6, 6.07) is 15.7. The minimum atomic E-state index is -0.471. The molecule has 0 saturated heterocycles. The molecule has 2 N–H and O–H groups in total. The van der Waals surface area contributed by atoms with Crippen molar-refractivity contribution in [1.29, 1.82) is 0 Å². The smallest absolute Gasteiger partial charge is 0.407 e. The summed E-state index contributed by atoms with van der Waals surface area (Å²) in [5.74, 6) is 0.606. The van der Waals surface area contributed by atoms with Crippen LogP contribution in [0, 0.1) is 0 Å². The Morgan fingerprint density at radius 2 is 1.52 bits per heavy atom. The summed E-state index contributed by atoms with van der Waals surface area (Å²) >= 11 is 0. The Bertz CT molecular complexity index is 775. The molecule has 29 heavy (non-hydrogen) atoms. The van der Waals surface area contributed by atoms with Crippen LogP contribution in [0.2, 0.25) is 0 Å². The van der Waals surface area contributed by atoms with Crippen molar-refractivity contribution >= 4 is 17.7 Å². The number of hydrogen-bond donors (Lipinski definition) is 2. The zero-order valence-corrected chi connectivity index (χ0v) is 17.8. The minimum Gasteiger partial charge on any atom is -0.445 e. The van der Waals surface area contributed by atoms with Crippen LogP contribution in [-0.2, 0) is 16.1 Å². The van der Waals surface area contributed by atoms with E-state index in [9.17, 15) is 9.59 Å². The Balaban J connectivity index is 1.78. The molecular weight excluding hydrogens is 364 g/mol. The van der Waals surface area contributed by atoms with Crippen LogP contribution < -0.4 is 10.6 Å². The lowest BCUT2D eigenvalue weighted by molar-refractivity contribution is -0.116. The number of amides is 2. The Labute approximate surface area is 173 Å². The van der Waals surface area contributed by atoms with Gasteiger partial charge in [0.25, 0.3) is 0 Å².